The van der Waals surface area contributed by atoms with Crippen LogP contribution in [0.4, 0.5) is 11.4 Å². The minimum Gasteiger partial charge on any atom is -0.310 e. The number of carbonyl (C=O) groups excluding carboxylic acids is 1. The topological polar surface area (TPSA) is 97.6 Å². The standard InChI is InChI=1S/C20H19ClN2O5S/c21-15-4-7-17(8-5-15)29(27,28)20(10-1-2-11-20)19(24)22-12-9-14-3-6-16(23(25)26)13-18(14)22/h3-8,13H,1-2,9-12H2. The van der Waals surface area contributed by atoms with Crippen LogP contribution < -0.4 is 4.90 Å². The zero-order valence-electron chi connectivity index (χ0n) is 15.5. The summed E-state index contributed by atoms with van der Waals surface area (Å²) in [6, 6.07) is 10.2. The van der Waals surface area contributed by atoms with E-state index in [1.54, 1.807) is 6.07 Å². The molecule has 0 atom stereocenters. The van der Waals surface area contributed by atoms with Crippen LogP contribution in [0, 0.1) is 10.1 Å². The molecule has 1 heterocycles. The predicted octanol–water partition coefficient (Wildman–Crippen LogP) is 3.92. The normalized spacial score (nSPS) is 17.9. The molecule has 2 aromatic carbocycles. The number of amides is 1. The Bertz CT molecular complexity index is 1090. The molecule has 0 spiro atoms. The maximum atomic E-state index is 13.7. The fourth-order valence-electron chi connectivity index (χ4n) is 4.32. The fourth-order valence-corrected chi connectivity index (χ4v) is 6.56. The van der Waals surface area contributed by atoms with Crippen molar-refractivity contribution in [2.45, 2.75) is 41.7 Å². The third kappa shape index (κ3) is 3.11. The molecule has 1 aliphatic carbocycles. The highest BCUT2D eigenvalue weighted by molar-refractivity contribution is 7.93. The molecule has 1 fully saturated rings. The molecule has 2 aliphatic rings. The van der Waals surface area contributed by atoms with Crippen LogP contribution in [0.1, 0.15) is 31.2 Å². The number of hydrogen-bond acceptors (Lipinski definition) is 5. The van der Waals surface area contributed by atoms with Gasteiger partial charge in [-0.05, 0) is 49.1 Å². The van der Waals surface area contributed by atoms with E-state index in [1.807, 2.05) is 0 Å². The summed E-state index contributed by atoms with van der Waals surface area (Å²) in [7, 11) is -3.97. The van der Waals surface area contributed by atoms with Crippen molar-refractivity contribution >= 4 is 38.7 Å². The number of hydrogen-bond donors (Lipinski definition) is 0. The molecular formula is C20H19ClN2O5S. The molecule has 152 valence electrons. The highest BCUT2D eigenvalue weighted by atomic mass is 35.5. The number of nitro groups is 1. The monoisotopic (exact) mass is 434 g/mol. The largest absolute Gasteiger partial charge is 0.310 e. The summed E-state index contributed by atoms with van der Waals surface area (Å²) in [5.74, 6) is -0.496. The third-order valence-electron chi connectivity index (χ3n) is 5.86. The van der Waals surface area contributed by atoms with Crippen molar-refractivity contribution in [3.05, 3.63) is 63.2 Å². The molecule has 2 aromatic rings. The Morgan fingerprint density at radius 3 is 2.38 bits per heavy atom. The van der Waals surface area contributed by atoms with E-state index in [-0.39, 0.29) is 23.4 Å². The average Bonchev–Trinajstić information content (AvgIpc) is 3.35. The van der Waals surface area contributed by atoms with Gasteiger partial charge in [0.05, 0.1) is 15.5 Å². The summed E-state index contributed by atoms with van der Waals surface area (Å²) < 4.78 is 25.5. The zero-order valence-corrected chi connectivity index (χ0v) is 17.1. The molecule has 0 bridgehead atoms. The summed E-state index contributed by atoms with van der Waals surface area (Å²) in [5, 5.41) is 11.6. The third-order valence-corrected chi connectivity index (χ3v) is 8.62. The summed E-state index contributed by atoms with van der Waals surface area (Å²) >= 11 is 5.89. The highest BCUT2D eigenvalue weighted by Crippen LogP contribution is 2.44. The van der Waals surface area contributed by atoms with Crippen molar-refractivity contribution < 1.29 is 18.1 Å². The number of nitro benzene ring substituents is 1. The molecule has 1 amide bonds. The van der Waals surface area contributed by atoms with Crippen molar-refractivity contribution in [3.63, 3.8) is 0 Å². The summed E-state index contributed by atoms with van der Waals surface area (Å²) in [6.07, 6.45) is 2.27. The van der Waals surface area contributed by atoms with E-state index in [0.717, 1.165) is 5.56 Å². The molecule has 4 rings (SSSR count). The van der Waals surface area contributed by atoms with Gasteiger partial charge in [-0.2, -0.15) is 0 Å². The van der Waals surface area contributed by atoms with E-state index >= 15 is 0 Å². The Kier molecular flexibility index (Phi) is 4.86. The fraction of sp³-hybridized carbons (Fsp3) is 0.350. The zero-order chi connectivity index (χ0) is 20.8. The SMILES string of the molecule is O=C(N1CCc2ccc([N+](=O)[O-])cc21)C1(S(=O)(=O)c2ccc(Cl)cc2)CCCC1. The number of nitrogens with zero attached hydrogens (tertiary/aromatic N) is 2. The Morgan fingerprint density at radius 1 is 1.10 bits per heavy atom. The van der Waals surface area contributed by atoms with Crippen LogP contribution in [-0.4, -0.2) is 30.5 Å². The predicted molar refractivity (Wildman–Crippen MR) is 109 cm³/mol. The maximum absolute atomic E-state index is 13.7. The minimum atomic E-state index is -3.97. The van der Waals surface area contributed by atoms with Gasteiger partial charge in [0.25, 0.3) is 5.69 Å². The Hall–Kier alpha value is -2.45. The van der Waals surface area contributed by atoms with Crippen LogP contribution in [-0.2, 0) is 21.1 Å². The first kappa shape index (κ1) is 19.8. The van der Waals surface area contributed by atoms with Crippen LogP contribution in [0.3, 0.4) is 0 Å². The quantitative estimate of drug-likeness (QED) is 0.536. The number of non-ortho nitro benzene ring substituents is 1. The van der Waals surface area contributed by atoms with Crippen molar-refractivity contribution in [2.24, 2.45) is 0 Å². The van der Waals surface area contributed by atoms with Gasteiger partial charge >= 0.3 is 0 Å². The van der Waals surface area contributed by atoms with Gasteiger partial charge in [0, 0.05) is 23.7 Å². The van der Waals surface area contributed by atoms with Crippen LogP contribution in [0.5, 0.6) is 0 Å². The molecule has 1 aliphatic heterocycles. The Balaban J connectivity index is 1.78. The van der Waals surface area contributed by atoms with Gasteiger partial charge in [0.1, 0.15) is 0 Å². The van der Waals surface area contributed by atoms with Crippen molar-refractivity contribution in [1.29, 1.82) is 0 Å². The lowest BCUT2D eigenvalue weighted by Gasteiger charge is -2.32. The second-order valence-electron chi connectivity index (χ2n) is 7.44. The number of halogens is 1. The van der Waals surface area contributed by atoms with Gasteiger partial charge in [-0.3, -0.25) is 14.9 Å². The highest BCUT2D eigenvalue weighted by Gasteiger charge is 2.55. The molecule has 0 unspecified atom stereocenters. The number of anilines is 1. The minimum absolute atomic E-state index is 0.0654. The molecule has 0 radical (unpaired) electrons. The average molecular weight is 435 g/mol. The second-order valence-corrected chi connectivity index (χ2v) is 10.1. The number of fused-ring (bicyclic) bond motifs is 1. The molecular weight excluding hydrogens is 416 g/mol. The first-order valence-corrected chi connectivity index (χ1v) is 11.2. The van der Waals surface area contributed by atoms with E-state index in [2.05, 4.69) is 0 Å². The summed E-state index contributed by atoms with van der Waals surface area (Å²) in [5.41, 5.74) is 1.12. The second kappa shape index (κ2) is 7.11. The van der Waals surface area contributed by atoms with Gasteiger partial charge in [-0.15, -0.1) is 0 Å². The number of sulfone groups is 1. The van der Waals surface area contributed by atoms with Crippen LogP contribution >= 0.6 is 11.6 Å². The number of carbonyl (C=O) groups is 1. The van der Waals surface area contributed by atoms with Crippen molar-refractivity contribution in [2.75, 3.05) is 11.4 Å². The van der Waals surface area contributed by atoms with Gasteiger partial charge in [-0.1, -0.05) is 30.5 Å². The van der Waals surface area contributed by atoms with E-state index < -0.39 is 25.4 Å². The van der Waals surface area contributed by atoms with Gasteiger partial charge < -0.3 is 4.90 Å². The van der Waals surface area contributed by atoms with E-state index in [1.165, 1.54) is 41.3 Å². The van der Waals surface area contributed by atoms with E-state index in [4.69, 9.17) is 11.6 Å². The Labute approximate surface area is 173 Å². The molecule has 0 aromatic heterocycles. The van der Waals surface area contributed by atoms with Gasteiger partial charge in [0.2, 0.25) is 5.91 Å². The molecule has 0 saturated heterocycles. The number of rotatable bonds is 4. The lowest BCUT2D eigenvalue weighted by atomic mass is 10.1. The molecule has 1 saturated carbocycles. The molecule has 7 nitrogen and oxygen atoms in total. The van der Waals surface area contributed by atoms with Crippen molar-refractivity contribution in [1.82, 2.24) is 0 Å². The lowest BCUT2D eigenvalue weighted by molar-refractivity contribution is -0.384. The summed E-state index contributed by atoms with van der Waals surface area (Å²) in [4.78, 5) is 25.8. The van der Waals surface area contributed by atoms with Crippen LogP contribution in [0.2, 0.25) is 5.02 Å². The van der Waals surface area contributed by atoms with E-state index in [0.29, 0.717) is 36.5 Å². The molecule has 29 heavy (non-hydrogen) atoms. The van der Waals surface area contributed by atoms with Crippen LogP contribution in [0.25, 0.3) is 0 Å². The smallest absolute Gasteiger partial charge is 0.271 e. The van der Waals surface area contributed by atoms with E-state index in [9.17, 15) is 23.3 Å². The lowest BCUT2D eigenvalue weighted by Crippen LogP contribution is -2.52. The first-order valence-electron chi connectivity index (χ1n) is 9.36. The number of benzene rings is 2. The van der Waals surface area contributed by atoms with Crippen LogP contribution in [0.15, 0.2) is 47.4 Å². The maximum Gasteiger partial charge on any atom is 0.271 e. The van der Waals surface area contributed by atoms with Gasteiger partial charge in [0.15, 0.2) is 14.6 Å². The first-order chi connectivity index (χ1) is 13.8. The Morgan fingerprint density at radius 2 is 1.76 bits per heavy atom. The summed E-state index contributed by atoms with van der Waals surface area (Å²) in [6.45, 7) is 0.313. The molecule has 0 N–H and O–H groups in total. The molecule has 9 heteroatoms. The van der Waals surface area contributed by atoms with Gasteiger partial charge in [-0.25, -0.2) is 8.42 Å². The van der Waals surface area contributed by atoms with Crippen molar-refractivity contribution in [3.8, 4) is 0 Å².